The van der Waals surface area contributed by atoms with Crippen molar-refractivity contribution >= 4 is 22.4 Å². The quantitative estimate of drug-likeness (QED) is 0.766. The number of rotatable bonds is 5. The Morgan fingerprint density at radius 2 is 2.57 bits per heavy atom. The number of carbonyl (C=O) groups is 1. The van der Waals surface area contributed by atoms with Crippen molar-refractivity contribution in [2.45, 2.75) is 32.2 Å². The van der Waals surface area contributed by atoms with E-state index in [-0.39, 0.29) is 5.91 Å². The Hall–Kier alpha value is -1.01. The molecular formula is C8H14N4OS. The summed E-state index contributed by atoms with van der Waals surface area (Å²) in [6, 6.07) is -0.446. The first-order chi connectivity index (χ1) is 6.74. The lowest BCUT2D eigenvalue weighted by molar-refractivity contribution is -0.117. The van der Waals surface area contributed by atoms with Gasteiger partial charge in [0.15, 0.2) is 0 Å². The molecule has 0 saturated heterocycles. The molecule has 3 N–H and O–H groups in total. The zero-order valence-corrected chi connectivity index (χ0v) is 8.88. The van der Waals surface area contributed by atoms with Crippen LogP contribution < -0.4 is 11.1 Å². The molecular weight excluding hydrogens is 200 g/mol. The van der Waals surface area contributed by atoms with Crippen LogP contribution in [-0.2, 0) is 4.79 Å². The van der Waals surface area contributed by atoms with Crippen LogP contribution in [0.4, 0.5) is 5.13 Å². The number of nitrogens with one attached hydrogen (secondary N) is 1. The smallest absolute Gasteiger partial charge is 0.243 e. The van der Waals surface area contributed by atoms with Crippen LogP contribution in [0.25, 0.3) is 0 Å². The van der Waals surface area contributed by atoms with Gasteiger partial charge in [0.1, 0.15) is 5.51 Å². The second-order valence-corrected chi connectivity index (χ2v) is 3.82. The van der Waals surface area contributed by atoms with Crippen molar-refractivity contribution in [3.63, 3.8) is 0 Å². The van der Waals surface area contributed by atoms with E-state index in [2.05, 4.69) is 22.4 Å². The first-order valence-electron chi connectivity index (χ1n) is 4.56. The number of carbonyl (C=O) groups excluding carboxylic acids is 1. The lowest BCUT2D eigenvalue weighted by Crippen LogP contribution is -2.35. The van der Waals surface area contributed by atoms with E-state index >= 15 is 0 Å². The Bertz CT molecular complexity index is 275. The van der Waals surface area contributed by atoms with Gasteiger partial charge in [0.2, 0.25) is 11.0 Å². The molecule has 0 spiro atoms. The summed E-state index contributed by atoms with van der Waals surface area (Å²) in [4.78, 5) is 11.4. The Morgan fingerprint density at radius 3 is 3.14 bits per heavy atom. The van der Waals surface area contributed by atoms with Gasteiger partial charge in [-0.15, -0.1) is 10.2 Å². The lowest BCUT2D eigenvalue weighted by Gasteiger charge is -2.08. The molecule has 0 aliphatic rings. The van der Waals surface area contributed by atoms with E-state index < -0.39 is 6.04 Å². The molecule has 1 aromatic rings. The van der Waals surface area contributed by atoms with E-state index in [9.17, 15) is 4.79 Å². The molecule has 1 rings (SSSR count). The Morgan fingerprint density at radius 1 is 1.79 bits per heavy atom. The Balaban J connectivity index is 2.34. The summed E-state index contributed by atoms with van der Waals surface area (Å²) < 4.78 is 0. The fraction of sp³-hybridized carbons (Fsp3) is 0.625. The molecule has 0 bridgehead atoms. The summed E-state index contributed by atoms with van der Waals surface area (Å²) in [5.41, 5.74) is 7.23. The highest BCUT2D eigenvalue weighted by atomic mass is 32.1. The summed E-state index contributed by atoms with van der Waals surface area (Å²) >= 11 is 1.28. The number of aromatic nitrogens is 2. The number of amides is 1. The van der Waals surface area contributed by atoms with Crippen molar-refractivity contribution in [2.24, 2.45) is 5.73 Å². The van der Waals surface area contributed by atoms with Crippen LogP contribution in [0.5, 0.6) is 0 Å². The van der Waals surface area contributed by atoms with Gasteiger partial charge in [-0.1, -0.05) is 31.1 Å². The molecule has 0 saturated carbocycles. The van der Waals surface area contributed by atoms with Gasteiger partial charge in [0.05, 0.1) is 6.04 Å². The number of hydrogen-bond donors (Lipinski definition) is 2. The van der Waals surface area contributed by atoms with Crippen LogP contribution in [0, 0.1) is 0 Å². The molecule has 0 aliphatic carbocycles. The van der Waals surface area contributed by atoms with Crippen LogP contribution in [0.1, 0.15) is 26.2 Å². The van der Waals surface area contributed by atoms with E-state index in [1.165, 1.54) is 11.3 Å². The number of unbranched alkanes of at least 4 members (excludes halogenated alkanes) is 1. The molecule has 6 heteroatoms. The molecule has 0 unspecified atom stereocenters. The van der Waals surface area contributed by atoms with Gasteiger partial charge in [-0.3, -0.25) is 10.1 Å². The van der Waals surface area contributed by atoms with Crippen molar-refractivity contribution in [1.29, 1.82) is 0 Å². The minimum atomic E-state index is -0.446. The Kier molecular flexibility index (Phi) is 4.48. The van der Waals surface area contributed by atoms with Crippen molar-refractivity contribution in [2.75, 3.05) is 5.32 Å². The highest BCUT2D eigenvalue weighted by Gasteiger charge is 2.13. The lowest BCUT2D eigenvalue weighted by atomic mass is 10.1. The minimum absolute atomic E-state index is 0.185. The molecule has 14 heavy (non-hydrogen) atoms. The first kappa shape index (κ1) is 11.1. The van der Waals surface area contributed by atoms with Crippen LogP contribution in [0.3, 0.4) is 0 Å². The highest BCUT2D eigenvalue weighted by molar-refractivity contribution is 7.13. The number of nitrogens with two attached hydrogens (primary N) is 1. The zero-order chi connectivity index (χ0) is 10.4. The molecule has 1 amide bonds. The fourth-order valence-electron chi connectivity index (χ4n) is 0.981. The van der Waals surface area contributed by atoms with Crippen molar-refractivity contribution < 1.29 is 4.79 Å². The maximum absolute atomic E-state index is 11.4. The average molecular weight is 214 g/mol. The number of anilines is 1. The summed E-state index contributed by atoms with van der Waals surface area (Å²) in [6.07, 6.45) is 2.71. The normalized spacial score (nSPS) is 12.4. The summed E-state index contributed by atoms with van der Waals surface area (Å²) in [6.45, 7) is 2.06. The van der Waals surface area contributed by atoms with Gasteiger partial charge in [-0.2, -0.15) is 0 Å². The molecule has 1 atom stereocenters. The molecule has 78 valence electrons. The van der Waals surface area contributed by atoms with Crippen LogP contribution in [0.2, 0.25) is 0 Å². The van der Waals surface area contributed by atoms with Crippen LogP contribution >= 0.6 is 11.3 Å². The monoisotopic (exact) mass is 214 g/mol. The third kappa shape index (κ3) is 3.39. The van der Waals surface area contributed by atoms with Gasteiger partial charge < -0.3 is 5.73 Å². The SMILES string of the molecule is CCCC[C@H](N)C(=O)Nc1nncs1. The third-order valence-electron chi connectivity index (χ3n) is 1.80. The average Bonchev–Trinajstić information content (AvgIpc) is 2.66. The molecule has 5 nitrogen and oxygen atoms in total. The standard InChI is InChI=1S/C8H14N4OS/c1-2-3-4-6(9)7(13)11-8-12-10-5-14-8/h5-6H,2-4,9H2,1H3,(H,11,12,13)/t6-/m0/s1. The zero-order valence-electron chi connectivity index (χ0n) is 8.06. The predicted molar refractivity (Wildman–Crippen MR) is 56.0 cm³/mol. The molecule has 0 aromatic carbocycles. The molecule has 1 aromatic heterocycles. The largest absolute Gasteiger partial charge is 0.320 e. The maximum atomic E-state index is 11.4. The van der Waals surface area contributed by atoms with Gasteiger partial charge in [0, 0.05) is 0 Å². The summed E-state index contributed by atoms with van der Waals surface area (Å²) in [7, 11) is 0. The van der Waals surface area contributed by atoms with Crippen molar-refractivity contribution in [3.8, 4) is 0 Å². The fourth-order valence-corrected chi connectivity index (χ4v) is 1.43. The van der Waals surface area contributed by atoms with E-state index in [4.69, 9.17) is 5.73 Å². The van der Waals surface area contributed by atoms with Crippen molar-refractivity contribution in [3.05, 3.63) is 5.51 Å². The van der Waals surface area contributed by atoms with Gasteiger partial charge in [0.25, 0.3) is 0 Å². The molecule has 0 fully saturated rings. The Labute approximate surface area is 86.7 Å². The third-order valence-corrected chi connectivity index (χ3v) is 2.40. The van der Waals surface area contributed by atoms with Crippen LogP contribution in [0.15, 0.2) is 5.51 Å². The van der Waals surface area contributed by atoms with Crippen LogP contribution in [-0.4, -0.2) is 22.1 Å². The summed E-state index contributed by atoms with van der Waals surface area (Å²) in [5, 5.41) is 10.4. The first-order valence-corrected chi connectivity index (χ1v) is 5.44. The van der Waals surface area contributed by atoms with E-state index in [1.54, 1.807) is 5.51 Å². The predicted octanol–water partition coefficient (Wildman–Crippen LogP) is 0.994. The van der Waals surface area contributed by atoms with E-state index in [0.717, 1.165) is 12.8 Å². The maximum Gasteiger partial charge on any atom is 0.243 e. The summed E-state index contributed by atoms with van der Waals surface area (Å²) in [5.74, 6) is -0.185. The second kappa shape index (κ2) is 5.66. The highest BCUT2D eigenvalue weighted by Crippen LogP contribution is 2.09. The van der Waals surface area contributed by atoms with Gasteiger partial charge >= 0.3 is 0 Å². The number of hydrogen-bond acceptors (Lipinski definition) is 5. The molecule has 1 heterocycles. The van der Waals surface area contributed by atoms with E-state index in [1.807, 2.05) is 0 Å². The molecule has 0 radical (unpaired) electrons. The van der Waals surface area contributed by atoms with E-state index in [0.29, 0.717) is 11.6 Å². The molecule has 0 aliphatic heterocycles. The topological polar surface area (TPSA) is 80.9 Å². The number of nitrogens with zero attached hydrogens (tertiary/aromatic N) is 2. The van der Waals surface area contributed by atoms with Gasteiger partial charge in [-0.05, 0) is 6.42 Å². The van der Waals surface area contributed by atoms with Crippen molar-refractivity contribution in [1.82, 2.24) is 10.2 Å². The minimum Gasteiger partial charge on any atom is -0.320 e. The second-order valence-electron chi connectivity index (χ2n) is 2.98. The van der Waals surface area contributed by atoms with Gasteiger partial charge in [-0.25, -0.2) is 0 Å².